The molecule has 0 saturated carbocycles. The quantitative estimate of drug-likeness (QED) is 0.872. The number of hydrogen-bond acceptors (Lipinski definition) is 3. The van der Waals surface area contributed by atoms with Crippen LogP contribution in [0.5, 0.6) is 0 Å². The van der Waals surface area contributed by atoms with Crippen LogP contribution in [0.3, 0.4) is 0 Å². The van der Waals surface area contributed by atoms with Crippen LogP contribution in [0, 0.1) is 0 Å². The van der Waals surface area contributed by atoms with E-state index in [1.54, 1.807) is 25.1 Å². The molecule has 0 aliphatic heterocycles. The molecule has 2 rings (SSSR count). The molecule has 0 fully saturated rings. The predicted octanol–water partition coefficient (Wildman–Crippen LogP) is 1.42. The standard InChI is InChI=1S/C14H17N3O2/c1-17(2)13(18)7-8-15-12-9-10-5-3-4-6-11(10)14(19)16-12/h3-6,9H,7-8H2,1-2H3,(H2,15,16,19). The van der Waals surface area contributed by atoms with Gasteiger partial charge in [-0.1, -0.05) is 18.2 Å². The average molecular weight is 259 g/mol. The number of hydrogen-bond donors (Lipinski definition) is 2. The molecule has 1 aromatic heterocycles. The lowest BCUT2D eigenvalue weighted by Crippen LogP contribution is -2.24. The Kier molecular flexibility index (Phi) is 3.85. The number of nitrogens with zero attached hydrogens (tertiary/aromatic N) is 1. The summed E-state index contributed by atoms with van der Waals surface area (Å²) in [5, 5.41) is 4.61. The first-order valence-corrected chi connectivity index (χ1v) is 6.14. The number of rotatable bonds is 4. The Hall–Kier alpha value is -2.30. The maximum atomic E-state index is 11.8. The van der Waals surface area contributed by atoms with E-state index in [1.165, 1.54) is 0 Å². The number of benzene rings is 1. The molecule has 5 heteroatoms. The molecule has 2 aromatic rings. The molecule has 2 N–H and O–H groups in total. The molecular formula is C14H17N3O2. The molecule has 0 aliphatic rings. The summed E-state index contributed by atoms with van der Waals surface area (Å²) in [6.45, 7) is 0.491. The molecule has 0 atom stereocenters. The smallest absolute Gasteiger partial charge is 0.257 e. The molecule has 1 amide bonds. The maximum Gasteiger partial charge on any atom is 0.257 e. The zero-order valence-corrected chi connectivity index (χ0v) is 11.1. The Labute approximate surface area is 111 Å². The molecule has 0 aliphatic carbocycles. The highest BCUT2D eigenvalue weighted by atomic mass is 16.2. The summed E-state index contributed by atoms with van der Waals surface area (Å²) < 4.78 is 0. The first-order chi connectivity index (χ1) is 9.08. The molecule has 0 saturated heterocycles. The minimum atomic E-state index is -0.125. The van der Waals surface area contributed by atoms with Gasteiger partial charge < -0.3 is 15.2 Å². The molecule has 100 valence electrons. The fraction of sp³-hybridized carbons (Fsp3) is 0.286. The van der Waals surface area contributed by atoms with Gasteiger partial charge in [-0.15, -0.1) is 0 Å². The fourth-order valence-electron chi connectivity index (χ4n) is 1.83. The van der Waals surface area contributed by atoms with Gasteiger partial charge in [0.05, 0.1) is 0 Å². The van der Waals surface area contributed by atoms with Crippen LogP contribution in [0.4, 0.5) is 5.82 Å². The Bertz CT molecular complexity index is 646. The van der Waals surface area contributed by atoms with Crippen LogP contribution in [0.25, 0.3) is 10.8 Å². The van der Waals surface area contributed by atoms with Crippen molar-refractivity contribution in [1.29, 1.82) is 0 Å². The van der Waals surface area contributed by atoms with Crippen molar-refractivity contribution in [3.8, 4) is 0 Å². The molecule has 0 radical (unpaired) electrons. The summed E-state index contributed by atoms with van der Waals surface area (Å²) in [4.78, 5) is 27.6. The van der Waals surface area contributed by atoms with Crippen molar-refractivity contribution in [3.05, 3.63) is 40.7 Å². The number of carbonyl (C=O) groups excluding carboxylic acids is 1. The van der Waals surface area contributed by atoms with E-state index in [4.69, 9.17) is 0 Å². The summed E-state index contributed by atoms with van der Waals surface area (Å²) in [6, 6.07) is 9.27. The highest BCUT2D eigenvalue weighted by molar-refractivity contribution is 5.83. The number of aromatic nitrogens is 1. The van der Waals surface area contributed by atoms with Gasteiger partial charge in [-0.2, -0.15) is 0 Å². The van der Waals surface area contributed by atoms with Gasteiger partial charge in [-0.25, -0.2) is 0 Å². The zero-order chi connectivity index (χ0) is 13.8. The van der Waals surface area contributed by atoms with Crippen molar-refractivity contribution >= 4 is 22.5 Å². The second kappa shape index (κ2) is 5.56. The van der Waals surface area contributed by atoms with E-state index in [-0.39, 0.29) is 11.5 Å². The van der Waals surface area contributed by atoms with Gasteiger partial charge in [0.2, 0.25) is 5.91 Å². The number of aromatic amines is 1. The lowest BCUT2D eigenvalue weighted by molar-refractivity contribution is -0.128. The predicted molar refractivity (Wildman–Crippen MR) is 76.4 cm³/mol. The van der Waals surface area contributed by atoms with Crippen molar-refractivity contribution < 1.29 is 4.79 Å². The van der Waals surface area contributed by atoms with Crippen LogP contribution in [-0.2, 0) is 4.79 Å². The number of nitrogens with one attached hydrogen (secondary N) is 2. The molecule has 5 nitrogen and oxygen atoms in total. The van der Waals surface area contributed by atoms with Crippen molar-refractivity contribution in [2.45, 2.75) is 6.42 Å². The minimum Gasteiger partial charge on any atom is -0.371 e. The normalized spacial score (nSPS) is 10.4. The zero-order valence-electron chi connectivity index (χ0n) is 11.1. The van der Waals surface area contributed by atoms with Crippen LogP contribution >= 0.6 is 0 Å². The van der Waals surface area contributed by atoms with Gasteiger partial charge in [-0.05, 0) is 17.5 Å². The summed E-state index contributed by atoms with van der Waals surface area (Å²) in [5.41, 5.74) is -0.125. The van der Waals surface area contributed by atoms with Crippen molar-refractivity contribution in [2.75, 3.05) is 26.0 Å². The monoisotopic (exact) mass is 259 g/mol. The molecule has 0 unspecified atom stereocenters. The number of pyridine rings is 1. The van der Waals surface area contributed by atoms with Gasteiger partial charge in [0.1, 0.15) is 5.82 Å². The second-order valence-corrected chi connectivity index (χ2v) is 4.56. The van der Waals surface area contributed by atoms with Crippen LogP contribution in [0.2, 0.25) is 0 Å². The van der Waals surface area contributed by atoms with Gasteiger partial charge in [0.15, 0.2) is 0 Å². The third-order valence-electron chi connectivity index (χ3n) is 2.91. The van der Waals surface area contributed by atoms with E-state index in [1.807, 2.05) is 24.3 Å². The van der Waals surface area contributed by atoms with Crippen molar-refractivity contribution in [3.63, 3.8) is 0 Å². The number of amides is 1. The minimum absolute atomic E-state index is 0.0515. The van der Waals surface area contributed by atoms with E-state index in [0.29, 0.717) is 24.2 Å². The highest BCUT2D eigenvalue weighted by Gasteiger charge is 2.04. The molecule has 1 aromatic carbocycles. The highest BCUT2D eigenvalue weighted by Crippen LogP contribution is 2.12. The van der Waals surface area contributed by atoms with Gasteiger partial charge in [0, 0.05) is 32.4 Å². The second-order valence-electron chi connectivity index (χ2n) is 4.56. The van der Waals surface area contributed by atoms with Crippen molar-refractivity contribution in [2.24, 2.45) is 0 Å². The van der Waals surface area contributed by atoms with Crippen LogP contribution in [0.1, 0.15) is 6.42 Å². The van der Waals surface area contributed by atoms with Gasteiger partial charge in [0.25, 0.3) is 5.56 Å². The maximum absolute atomic E-state index is 11.8. The van der Waals surface area contributed by atoms with Crippen LogP contribution in [-0.4, -0.2) is 36.4 Å². The summed E-state index contributed by atoms with van der Waals surface area (Å²) >= 11 is 0. The molecule has 1 heterocycles. The number of fused-ring (bicyclic) bond motifs is 1. The Balaban J connectivity index is 2.10. The number of H-pyrrole nitrogens is 1. The average Bonchev–Trinajstić information content (AvgIpc) is 2.38. The van der Waals surface area contributed by atoms with Gasteiger partial charge in [-0.3, -0.25) is 9.59 Å². The summed E-state index contributed by atoms with van der Waals surface area (Å²) in [7, 11) is 3.44. The Morgan fingerprint density at radius 1 is 1.32 bits per heavy atom. The lowest BCUT2D eigenvalue weighted by Gasteiger charge is -2.11. The third kappa shape index (κ3) is 3.13. The Morgan fingerprint density at radius 2 is 2.05 bits per heavy atom. The lowest BCUT2D eigenvalue weighted by atomic mass is 10.2. The first-order valence-electron chi connectivity index (χ1n) is 6.14. The summed E-state index contributed by atoms with van der Waals surface area (Å²) in [6.07, 6.45) is 0.391. The Morgan fingerprint density at radius 3 is 2.79 bits per heavy atom. The van der Waals surface area contributed by atoms with E-state index in [2.05, 4.69) is 10.3 Å². The SMILES string of the molecule is CN(C)C(=O)CCNc1cc2ccccc2c(=O)[nH]1. The van der Waals surface area contributed by atoms with E-state index in [0.717, 1.165) is 5.39 Å². The molecule has 0 bridgehead atoms. The molecule has 19 heavy (non-hydrogen) atoms. The van der Waals surface area contributed by atoms with E-state index >= 15 is 0 Å². The van der Waals surface area contributed by atoms with Crippen molar-refractivity contribution in [1.82, 2.24) is 9.88 Å². The fourth-order valence-corrected chi connectivity index (χ4v) is 1.83. The van der Waals surface area contributed by atoms with Gasteiger partial charge >= 0.3 is 0 Å². The molecular weight excluding hydrogens is 242 g/mol. The third-order valence-corrected chi connectivity index (χ3v) is 2.91. The van der Waals surface area contributed by atoms with E-state index in [9.17, 15) is 9.59 Å². The van der Waals surface area contributed by atoms with E-state index < -0.39 is 0 Å². The topological polar surface area (TPSA) is 65.2 Å². The number of anilines is 1. The molecule has 0 spiro atoms. The first kappa shape index (κ1) is 13.1. The summed E-state index contributed by atoms with van der Waals surface area (Å²) in [5.74, 6) is 0.686. The largest absolute Gasteiger partial charge is 0.371 e. The van der Waals surface area contributed by atoms with Crippen LogP contribution in [0.15, 0.2) is 35.1 Å². The number of carbonyl (C=O) groups is 1. The van der Waals surface area contributed by atoms with Crippen LogP contribution < -0.4 is 10.9 Å².